The van der Waals surface area contributed by atoms with Gasteiger partial charge in [0.05, 0.1) is 61.1 Å². The van der Waals surface area contributed by atoms with E-state index in [4.69, 9.17) is 9.47 Å². The fourth-order valence-electron chi connectivity index (χ4n) is 7.18. The fraction of sp³-hybridized carbons (Fsp3) is 0.658. The molecule has 1 aromatic carbocycles. The molecule has 5 atom stereocenters. The molecule has 2 aliphatic rings. The molecule has 1 saturated carbocycles. The van der Waals surface area contributed by atoms with Crippen LogP contribution in [-0.2, 0) is 36.8 Å². The highest BCUT2D eigenvalue weighted by Crippen LogP contribution is 2.30. The van der Waals surface area contributed by atoms with Gasteiger partial charge in [0, 0.05) is 38.4 Å². The number of benzene rings is 1. The summed E-state index contributed by atoms with van der Waals surface area (Å²) < 4.78 is 10.7. The molecule has 1 aliphatic carbocycles. The van der Waals surface area contributed by atoms with Gasteiger partial charge in [0.15, 0.2) is 0 Å². The molecule has 0 unspecified atom stereocenters. The number of nitrogens with one attached hydrogen (secondary N) is 3. The fourth-order valence-corrected chi connectivity index (χ4v) is 7.75. The van der Waals surface area contributed by atoms with Crippen LogP contribution in [0.5, 0.6) is 5.75 Å². The van der Waals surface area contributed by atoms with Crippen LogP contribution in [0.3, 0.4) is 0 Å². The van der Waals surface area contributed by atoms with Crippen LogP contribution in [0, 0.1) is 17.8 Å². The minimum atomic E-state index is -1.42. The number of methoxy groups -OCH3 is 1. The molecule has 2 aromatic rings. The monoisotopic (exact) mass is 743 g/mol. The Morgan fingerprint density at radius 1 is 1.02 bits per heavy atom. The number of carbonyl (C=O) groups is 4. The van der Waals surface area contributed by atoms with Gasteiger partial charge >= 0.3 is 0 Å². The molecule has 1 aromatic heterocycles. The van der Waals surface area contributed by atoms with Crippen molar-refractivity contribution in [3.05, 3.63) is 46.4 Å². The average molecular weight is 744 g/mol. The van der Waals surface area contributed by atoms with Gasteiger partial charge in [-0.15, -0.1) is 11.3 Å². The third-order valence-corrected chi connectivity index (χ3v) is 11.0. The van der Waals surface area contributed by atoms with E-state index in [1.165, 1.54) is 32.2 Å². The van der Waals surface area contributed by atoms with Crippen molar-refractivity contribution in [2.75, 3.05) is 40.5 Å². The zero-order valence-electron chi connectivity index (χ0n) is 31.0. The van der Waals surface area contributed by atoms with Crippen molar-refractivity contribution in [1.29, 1.82) is 0 Å². The molecule has 2 heterocycles. The first-order valence-corrected chi connectivity index (χ1v) is 19.4. The van der Waals surface area contributed by atoms with Crippen molar-refractivity contribution in [3.8, 4) is 5.75 Å². The molecule has 13 nitrogen and oxygen atoms in total. The Hall–Kier alpha value is -3.59. The Bertz CT molecular complexity index is 1420. The van der Waals surface area contributed by atoms with Gasteiger partial charge in [-0.25, -0.2) is 4.98 Å². The van der Waals surface area contributed by atoms with E-state index in [1.807, 2.05) is 17.5 Å². The van der Waals surface area contributed by atoms with Crippen LogP contribution in [0.25, 0.3) is 0 Å². The molecule has 0 radical (unpaired) electrons. The van der Waals surface area contributed by atoms with Gasteiger partial charge in [-0.3, -0.25) is 19.2 Å². The van der Waals surface area contributed by atoms with E-state index in [0.717, 1.165) is 37.7 Å². The maximum Gasteiger partial charge on any atom is 0.243 e. The van der Waals surface area contributed by atoms with Gasteiger partial charge in [0.25, 0.3) is 0 Å². The molecule has 52 heavy (non-hydrogen) atoms. The van der Waals surface area contributed by atoms with Gasteiger partial charge in [0.2, 0.25) is 23.6 Å². The lowest BCUT2D eigenvalue weighted by molar-refractivity contribution is -0.140. The van der Waals surface area contributed by atoms with Gasteiger partial charge < -0.3 is 40.5 Å². The van der Waals surface area contributed by atoms with Crippen LogP contribution in [0.15, 0.2) is 35.2 Å². The number of nitrogens with zero attached hydrogens (tertiary/aromatic N) is 2. The van der Waals surface area contributed by atoms with Crippen LogP contribution in [0.1, 0.15) is 76.5 Å². The summed E-state index contributed by atoms with van der Waals surface area (Å²) in [7, 11) is 3.06. The molecule has 1 saturated heterocycles. The number of aliphatic hydroxyl groups is 2. The van der Waals surface area contributed by atoms with E-state index >= 15 is 0 Å². The Kier molecular flexibility index (Phi) is 15.9. The predicted molar refractivity (Wildman–Crippen MR) is 198 cm³/mol. The van der Waals surface area contributed by atoms with Crippen LogP contribution in [-0.4, -0.2) is 108 Å². The average Bonchev–Trinajstić information content (AvgIpc) is 3.66. The number of hydrogen-bond donors (Lipinski definition) is 5. The van der Waals surface area contributed by atoms with E-state index in [9.17, 15) is 29.4 Å². The second-order valence-electron chi connectivity index (χ2n) is 14.7. The maximum atomic E-state index is 14.3. The summed E-state index contributed by atoms with van der Waals surface area (Å²) in [6.45, 7) is 4.82. The van der Waals surface area contributed by atoms with Crippen molar-refractivity contribution in [2.24, 2.45) is 17.8 Å². The van der Waals surface area contributed by atoms with Crippen molar-refractivity contribution in [3.63, 3.8) is 0 Å². The summed E-state index contributed by atoms with van der Waals surface area (Å²) in [6.07, 6.45) is 4.78. The van der Waals surface area contributed by atoms with Crippen molar-refractivity contribution in [1.82, 2.24) is 25.8 Å². The van der Waals surface area contributed by atoms with Crippen LogP contribution in [0.2, 0.25) is 0 Å². The molecule has 0 bridgehead atoms. The highest BCUT2D eigenvalue weighted by Gasteiger charge is 2.38. The Balaban J connectivity index is 1.58. The molecule has 4 rings (SSSR count). The minimum absolute atomic E-state index is 0.0518. The lowest BCUT2D eigenvalue weighted by Gasteiger charge is -2.35. The number of aliphatic hydroxyl groups excluding tert-OH is 1. The summed E-state index contributed by atoms with van der Waals surface area (Å²) in [4.78, 5) is 60.7. The van der Waals surface area contributed by atoms with E-state index < -0.39 is 53.3 Å². The summed E-state index contributed by atoms with van der Waals surface area (Å²) in [5.74, 6) is -2.28. The third-order valence-electron chi connectivity index (χ3n) is 10.3. The van der Waals surface area contributed by atoms with E-state index in [-0.39, 0.29) is 37.5 Å². The van der Waals surface area contributed by atoms with Gasteiger partial charge in [-0.2, -0.15) is 0 Å². The number of amides is 4. The lowest BCUT2D eigenvalue weighted by Crippen LogP contribution is -2.56. The molecular weight excluding hydrogens is 687 g/mol. The number of rotatable bonds is 18. The second kappa shape index (κ2) is 20.0. The molecule has 2 fully saturated rings. The summed E-state index contributed by atoms with van der Waals surface area (Å²) in [5.41, 5.74) is 1.70. The first-order valence-electron chi connectivity index (χ1n) is 18.5. The molecular formula is C38H57N5O8S. The summed E-state index contributed by atoms with van der Waals surface area (Å²) >= 11 is 1.38. The molecule has 0 spiro atoms. The molecule has 5 N–H and O–H groups in total. The highest BCUT2D eigenvalue weighted by molar-refractivity contribution is 7.07. The van der Waals surface area contributed by atoms with E-state index in [0.29, 0.717) is 44.2 Å². The Morgan fingerprint density at radius 3 is 2.31 bits per heavy atom. The first-order chi connectivity index (χ1) is 24.9. The van der Waals surface area contributed by atoms with E-state index in [1.54, 1.807) is 29.7 Å². The number of ether oxygens (including phenoxy) is 2. The topological polar surface area (TPSA) is 179 Å². The summed E-state index contributed by atoms with van der Waals surface area (Å²) in [5, 5.41) is 32.9. The Labute approximate surface area is 311 Å². The molecule has 14 heteroatoms. The van der Waals surface area contributed by atoms with Crippen molar-refractivity contribution < 1.29 is 38.9 Å². The smallest absolute Gasteiger partial charge is 0.243 e. The number of thiazole rings is 1. The Morgan fingerprint density at radius 2 is 1.71 bits per heavy atom. The largest absolute Gasteiger partial charge is 0.497 e. The molecule has 1 aliphatic heterocycles. The van der Waals surface area contributed by atoms with Gasteiger partial charge in [-0.05, 0) is 56.7 Å². The normalized spacial score (nSPS) is 18.4. The van der Waals surface area contributed by atoms with Crippen LogP contribution >= 0.6 is 11.3 Å². The van der Waals surface area contributed by atoms with E-state index in [2.05, 4.69) is 20.9 Å². The zero-order valence-corrected chi connectivity index (χ0v) is 31.8. The minimum Gasteiger partial charge on any atom is -0.497 e. The number of aromatic nitrogens is 1. The SMILES string of the molecule is CNC(=O)[C@@H](C[C@H](O)[C@H](CC1CCCCC1)NC(=O)[C@H](Cc1cscn1)NC(=O)[C@@H](CC(=O)N1CCOCC1)Cc1ccc(OC)cc1)C(C)(C)O. The summed E-state index contributed by atoms with van der Waals surface area (Å²) in [6, 6.07) is 5.52. The zero-order chi connectivity index (χ0) is 37.7. The molecule has 4 amide bonds. The van der Waals surface area contributed by atoms with Crippen LogP contribution in [0.4, 0.5) is 0 Å². The highest BCUT2D eigenvalue weighted by atomic mass is 32.1. The number of hydrogen-bond acceptors (Lipinski definition) is 10. The number of carbonyl (C=O) groups excluding carboxylic acids is 4. The van der Waals surface area contributed by atoms with Crippen molar-refractivity contribution in [2.45, 2.75) is 102 Å². The predicted octanol–water partition coefficient (Wildman–Crippen LogP) is 2.63. The second-order valence-corrected chi connectivity index (χ2v) is 15.4. The molecule has 288 valence electrons. The van der Waals surface area contributed by atoms with Gasteiger partial charge in [0.1, 0.15) is 11.8 Å². The number of morpholine rings is 1. The quantitative estimate of drug-likeness (QED) is 0.154. The third kappa shape index (κ3) is 12.5. The maximum absolute atomic E-state index is 14.3. The first kappa shape index (κ1) is 41.2. The van der Waals surface area contributed by atoms with Gasteiger partial charge in [-0.1, -0.05) is 44.2 Å². The lowest BCUT2D eigenvalue weighted by atomic mass is 9.80. The van der Waals surface area contributed by atoms with Crippen molar-refractivity contribution >= 4 is 35.0 Å². The standard InChI is InChI=1S/C38H57N5O8S/c1-38(2,49)30(36(47)39-3)22-33(44)31(19-25-8-6-5-7-9-25)41-37(48)32(21-28-23-52-24-40-28)42-35(46)27(18-26-10-12-29(50-4)13-11-26)20-34(45)43-14-16-51-17-15-43/h10-13,23-25,27,30-33,44,49H,5-9,14-22H2,1-4H3,(H,39,47)(H,41,48)(H,42,46)/t27-,30-,31+,32+,33+/m1/s1. The van der Waals surface area contributed by atoms with Crippen LogP contribution < -0.4 is 20.7 Å².